The smallest absolute Gasteiger partial charge is 0.191 e. The molecule has 0 aliphatic carbocycles. The van der Waals surface area contributed by atoms with Crippen molar-refractivity contribution in [3.63, 3.8) is 0 Å². The molecule has 1 heterocycles. The monoisotopic (exact) mass is 288 g/mol. The predicted octanol–water partition coefficient (Wildman–Crippen LogP) is 2.63. The van der Waals surface area contributed by atoms with Crippen LogP contribution < -0.4 is 10.6 Å². The Morgan fingerprint density at radius 1 is 1.20 bits per heavy atom. The Labute approximate surface area is 124 Å². The van der Waals surface area contributed by atoms with Crippen LogP contribution in [0.15, 0.2) is 35.5 Å². The average molecular weight is 288 g/mol. The Balaban J connectivity index is 1.85. The lowest BCUT2D eigenvalue weighted by Crippen LogP contribution is -2.36. The van der Waals surface area contributed by atoms with Crippen LogP contribution >= 0.6 is 11.3 Å². The summed E-state index contributed by atoms with van der Waals surface area (Å²) >= 11 is 1.70. The maximum atomic E-state index is 4.33. The van der Waals surface area contributed by atoms with Gasteiger partial charge < -0.3 is 10.6 Å². The fourth-order valence-corrected chi connectivity index (χ4v) is 2.58. The molecule has 2 aromatic rings. The molecule has 2 N–H and O–H groups in total. The molecule has 20 heavy (non-hydrogen) atoms. The number of hydrogen-bond acceptors (Lipinski definition) is 3. The summed E-state index contributed by atoms with van der Waals surface area (Å²) in [6.45, 7) is 5.65. The van der Waals surface area contributed by atoms with E-state index in [1.807, 2.05) is 6.20 Å². The van der Waals surface area contributed by atoms with Crippen molar-refractivity contribution in [2.24, 2.45) is 4.99 Å². The van der Waals surface area contributed by atoms with Gasteiger partial charge >= 0.3 is 0 Å². The molecule has 0 aliphatic rings. The van der Waals surface area contributed by atoms with Gasteiger partial charge in [-0.15, -0.1) is 11.3 Å². The molecule has 1 aromatic carbocycles. The Bertz CT molecular complexity index is 589. The predicted molar refractivity (Wildman–Crippen MR) is 85.1 cm³/mol. The summed E-state index contributed by atoms with van der Waals surface area (Å²) in [5.74, 6) is 0.793. The van der Waals surface area contributed by atoms with Gasteiger partial charge in [-0.3, -0.25) is 4.99 Å². The van der Waals surface area contributed by atoms with Crippen molar-refractivity contribution in [2.75, 3.05) is 7.05 Å². The highest BCUT2D eigenvalue weighted by Crippen LogP contribution is 2.10. The van der Waals surface area contributed by atoms with Crippen LogP contribution in [-0.4, -0.2) is 18.0 Å². The van der Waals surface area contributed by atoms with Crippen LogP contribution in [0.25, 0.3) is 0 Å². The molecule has 0 saturated carbocycles. The SMILES string of the molecule is CN=C(NCc1ncc(C)s1)NCc1ccccc1C. The second-order valence-corrected chi connectivity index (χ2v) is 5.89. The summed E-state index contributed by atoms with van der Waals surface area (Å²) in [4.78, 5) is 9.78. The molecule has 106 valence electrons. The van der Waals surface area contributed by atoms with E-state index in [2.05, 4.69) is 58.7 Å². The Hall–Kier alpha value is -1.88. The number of aliphatic imine (C=N–C) groups is 1. The van der Waals surface area contributed by atoms with Gasteiger partial charge in [0.15, 0.2) is 5.96 Å². The van der Waals surface area contributed by atoms with Crippen molar-refractivity contribution in [1.82, 2.24) is 15.6 Å². The lowest BCUT2D eigenvalue weighted by Gasteiger charge is -2.12. The highest BCUT2D eigenvalue weighted by Gasteiger charge is 2.02. The zero-order valence-corrected chi connectivity index (χ0v) is 12.9. The zero-order valence-electron chi connectivity index (χ0n) is 12.1. The van der Waals surface area contributed by atoms with Crippen LogP contribution in [0.1, 0.15) is 21.0 Å². The number of guanidine groups is 1. The van der Waals surface area contributed by atoms with Gasteiger partial charge in [-0.1, -0.05) is 24.3 Å². The summed E-state index contributed by atoms with van der Waals surface area (Å²) in [5, 5.41) is 7.67. The van der Waals surface area contributed by atoms with Crippen LogP contribution in [0.4, 0.5) is 0 Å². The third-order valence-electron chi connectivity index (χ3n) is 3.01. The number of aromatic nitrogens is 1. The lowest BCUT2D eigenvalue weighted by atomic mass is 10.1. The van der Waals surface area contributed by atoms with Gasteiger partial charge in [-0.05, 0) is 25.0 Å². The third kappa shape index (κ3) is 4.06. The van der Waals surface area contributed by atoms with Gasteiger partial charge in [0.2, 0.25) is 0 Å². The van der Waals surface area contributed by atoms with E-state index in [9.17, 15) is 0 Å². The molecule has 0 aliphatic heterocycles. The third-order valence-corrected chi connectivity index (χ3v) is 3.92. The Kier molecular flexibility index (Phi) is 5.12. The van der Waals surface area contributed by atoms with Gasteiger partial charge in [0, 0.05) is 24.7 Å². The van der Waals surface area contributed by atoms with E-state index in [1.165, 1.54) is 16.0 Å². The van der Waals surface area contributed by atoms with Crippen molar-refractivity contribution in [1.29, 1.82) is 0 Å². The van der Waals surface area contributed by atoms with Crippen molar-refractivity contribution in [3.05, 3.63) is 51.5 Å². The first-order valence-electron chi connectivity index (χ1n) is 6.59. The molecular formula is C15H20N4S. The molecule has 0 radical (unpaired) electrons. The largest absolute Gasteiger partial charge is 0.352 e. The first-order valence-corrected chi connectivity index (χ1v) is 7.41. The standard InChI is InChI=1S/C15H20N4S/c1-11-6-4-5-7-13(11)9-18-15(16-3)19-10-14-17-8-12(2)20-14/h4-8H,9-10H2,1-3H3,(H2,16,18,19). The van der Waals surface area contributed by atoms with Crippen molar-refractivity contribution in [3.8, 4) is 0 Å². The molecule has 0 fully saturated rings. The molecule has 0 amide bonds. The summed E-state index contributed by atoms with van der Waals surface area (Å²) in [6.07, 6.45) is 1.89. The van der Waals surface area contributed by atoms with Crippen LogP contribution in [-0.2, 0) is 13.1 Å². The molecule has 0 unspecified atom stereocenters. The van der Waals surface area contributed by atoms with Crippen LogP contribution in [0, 0.1) is 13.8 Å². The number of rotatable bonds is 4. The van der Waals surface area contributed by atoms with E-state index in [4.69, 9.17) is 0 Å². The topological polar surface area (TPSA) is 49.3 Å². The molecule has 2 rings (SSSR count). The number of benzene rings is 1. The van der Waals surface area contributed by atoms with Gasteiger partial charge in [0.1, 0.15) is 5.01 Å². The number of hydrogen-bond donors (Lipinski definition) is 2. The summed E-state index contributed by atoms with van der Waals surface area (Å²) in [5.41, 5.74) is 2.56. The summed E-state index contributed by atoms with van der Waals surface area (Å²) in [6, 6.07) is 8.35. The highest BCUT2D eigenvalue weighted by atomic mass is 32.1. The maximum absolute atomic E-state index is 4.33. The highest BCUT2D eigenvalue weighted by molar-refractivity contribution is 7.11. The molecule has 1 aromatic heterocycles. The fraction of sp³-hybridized carbons (Fsp3) is 0.333. The normalized spacial score (nSPS) is 11.4. The first kappa shape index (κ1) is 14.5. The van der Waals surface area contributed by atoms with Gasteiger partial charge in [-0.25, -0.2) is 4.98 Å². The van der Waals surface area contributed by atoms with Crippen molar-refractivity contribution >= 4 is 17.3 Å². The molecular weight excluding hydrogens is 268 g/mol. The average Bonchev–Trinajstić information content (AvgIpc) is 2.86. The van der Waals surface area contributed by atoms with Crippen LogP contribution in [0.5, 0.6) is 0 Å². The number of nitrogens with zero attached hydrogens (tertiary/aromatic N) is 2. The molecule has 5 heteroatoms. The molecule has 0 atom stereocenters. The second kappa shape index (κ2) is 7.05. The Morgan fingerprint density at radius 3 is 2.60 bits per heavy atom. The molecule has 0 spiro atoms. The first-order chi connectivity index (χ1) is 9.69. The van der Waals surface area contributed by atoms with Crippen LogP contribution in [0.3, 0.4) is 0 Å². The second-order valence-electron chi connectivity index (χ2n) is 4.57. The number of nitrogens with one attached hydrogen (secondary N) is 2. The fourth-order valence-electron chi connectivity index (χ4n) is 1.85. The van der Waals surface area contributed by atoms with Gasteiger partial charge in [0.25, 0.3) is 0 Å². The molecule has 0 saturated heterocycles. The molecule has 0 bridgehead atoms. The van der Waals surface area contributed by atoms with E-state index in [-0.39, 0.29) is 0 Å². The van der Waals surface area contributed by atoms with E-state index in [0.717, 1.165) is 17.5 Å². The van der Waals surface area contributed by atoms with Crippen LogP contribution in [0.2, 0.25) is 0 Å². The minimum absolute atomic E-state index is 0.700. The van der Waals surface area contributed by atoms with E-state index < -0.39 is 0 Å². The minimum Gasteiger partial charge on any atom is -0.352 e. The minimum atomic E-state index is 0.700. The van der Waals surface area contributed by atoms with Gasteiger partial charge in [-0.2, -0.15) is 0 Å². The number of aryl methyl sites for hydroxylation is 2. The Morgan fingerprint density at radius 2 is 1.95 bits per heavy atom. The van der Waals surface area contributed by atoms with Gasteiger partial charge in [0.05, 0.1) is 6.54 Å². The number of thiazole rings is 1. The quantitative estimate of drug-likeness (QED) is 0.671. The van der Waals surface area contributed by atoms with E-state index >= 15 is 0 Å². The maximum Gasteiger partial charge on any atom is 0.191 e. The van der Waals surface area contributed by atoms with E-state index in [0.29, 0.717) is 6.54 Å². The van der Waals surface area contributed by atoms with Crippen molar-refractivity contribution in [2.45, 2.75) is 26.9 Å². The summed E-state index contributed by atoms with van der Waals surface area (Å²) in [7, 11) is 1.78. The van der Waals surface area contributed by atoms with E-state index in [1.54, 1.807) is 18.4 Å². The summed E-state index contributed by atoms with van der Waals surface area (Å²) < 4.78 is 0. The lowest BCUT2D eigenvalue weighted by molar-refractivity contribution is 0.802. The zero-order chi connectivity index (χ0) is 14.4. The van der Waals surface area contributed by atoms with Crippen molar-refractivity contribution < 1.29 is 0 Å². The molecule has 4 nitrogen and oxygen atoms in total.